The molecule has 9 heteroatoms. The molecule has 0 bridgehead atoms. The summed E-state index contributed by atoms with van der Waals surface area (Å²) in [6.07, 6.45) is 1.67. The monoisotopic (exact) mass is 380 g/mol. The van der Waals surface area contributed by atoms with Crippen LogP contribution in [0.2, 0.25) is 0 Å². The summed E-state index contributed by atoms with van der Waals surface area (Å²) in [4.78, 5) is 39.8. The number of benzene rings is 1. The minimum absolute atomic E-state index is 0. The molecule has 3 rings (SSSR count). The van der Waals surface area contributed by atoms with Crippen molar-refractivity contribution in [2.45, 2.75) is 25.8 Å². The summed E-state index contributed by atoms with van der Waals surface area (Å²) in [6, 6.07) is 5.19. The summed E-state index contributed by atoms with van der Waals surface area (Å²) >= 11 is 0. The van der Waals surface area contributed by atoms with Gasteiger partial charge in [-0.15, -0.1) is 12.4 Å². The number of fused-ring (bicyclic) bond motifs is 1. The number of carbonyl (C=O) groups is 1. The molecular formula is C17H21ClN4O4. The molecule has 1 amide bonds. The first-order chi connectivity index (χ1) is 11.9. The summed E-state index contributed by atoms with van der Waals surface area (Å²) in [5.41, 5.74) is 5.86. The predicted molar refractivity (Wildman–Crippen MR) is 101 cm³/mol. The Morgan fingerprint density at radius 2 is 2.15 bits per heavy atom. The van der Waals surface area contributed by atoms with Gasteiger partial charge in [0, 0.05) is 48.2 Å². The van der Waals surface area contributed by atoms with E-state index < -0.39 is 10.5 Å². The Morgan fingerprint density at radius 1 is 1.42 bits per heavy atom. The second-order valence-electron chi connectivity index (χ2n) is 6.55. The number of hydrogen-bond acceptors (Lipinski definition) is 5. The van der Waals surface area contributed by atoms with Crippen LogP contribution in [0.4, 0.5) is 5.69 Å². The molecule has 1 aromatic carbocycles. The number of piperidine rings is 1. The van der Waals surface area contributed by atoms with E-state index in [1.54, 1.807) is 4.90 Å². The van der Waals surface area contributed by atoms with Gasteiger partial charge in [-0.25, -0.2) is 0 Å². The van der Waals surface area contributed by atoms with Crippen LogP contribution >= 0.6 is 12.4 Å². The number of non-ortho nitro benzene ring substituents is 1. The summed E-state index contributed by atoms with van der Waals surface area (Å²) in [6.45, 7) is 3.03. The van der Waals surface area contributed by atoms with Crippen molar-refractivity contribution in [2.75, 3.05) is 13.1 Å². The van der Waals surface area contributed by atoms with Crippen LogP contribution in [-0.4, -0.2) is 39.8 Å². The maximum absolute atomic E-state index is 13.1. The molecule has 1 saturated heterocycles. The molecule has 2 atom stereocenters. The first-order valence-corrected chi connectivity index (χ1v) is 8.23. The van der Waals surface area contributed by atoms with Crippen molar-refractivity contribution in [3.05, 3.63) is 50.3 Å². The molecule has 2 aromatic rings. The topological polar surface area (TPSA) is 122 Å². The van der Waals surface area contributed by atoms with E-state index in [2.05, 4.69) is 11.9 Å². The number of nitro groups is 1. The molecule has 0 radical (unpaired) electrons. The first-order valence-electron chi connectivity index (χ1n) is 8.23. The van der Waals surface area contributed by atoms with Gasteiger partial charge < -0.3 is 15.6 Å². The average molecular weight is 381 g/mol. The van der Waals surface area contributed by atoms with Crippen molar-refractivity contribution >= 4 is 34.9 Å². The Kier molecular flexibility index (Phi) is 5.99. The maximum Gasteiger partial charge on any atom is 0.270 e. The van der Waals surface area contributed by atoms with E-state index >= 15 is 0 Å². The van der Waals surface area contributed by atoms with Gasteiger partial charge in [0.15, 0.2) is 0 Å². The van der Waals surface area contributed by atoms with E-state index in [-0.39, 0.29) is 35.6 Å². The SMILES string of the molecule is CC1CCN(C(=O)c2cc(=O)[nH]c3ccc([N+](=O)[O-])cc23)C(CN)C1.Cl. The smallest absolute Gasteiger partial charge is 0.270 e. The molecule has 26 heavy (non-hydrogen) atoms. The van der Waals surface area contributed by atoms with Crippen molar-refractivity contribution in [2.24, 2.45) is 11.7 Å². The van der Waals surface area contributed by atoms with Crippen LogP contribution in [0.3, 0.4) is 0 Å². The Morgan fingerprint density at radius 3 is 2.81 bits per heavy atom. The Hall–Kier alpha value is -2.45. The number of hydrogen-bond donors (Lipinski definition) is 2. The van der Waals surface area contributed by atoms with Crippen LogP contribution in [0, 0.1) is 16.0 Å². The van der Waals surface area contributed by atoms with Crippen LogP contribution < -0.4 is 11.3 Å². The zero-order valence-electron chi connectivity index (χ0n) is 14.3. The maximum atomic E-state index is 13.1. The Labute approximate surface area is 155 Å². The van der Waals surface area contributed by atoms with Crippen LogP contribution in [0.1, 0.15) is 30.1 Å². The molecule has 140 valence electrons. The number of halogens is 1. The number of rotatable bonds is 3. The van der Waals surface area contributed by atoms with Crippen LogP contribution in [0.15, 0.2) is 29.1 Å². The highest BCUT2D eigenvalue weighted by Crippen LogP contribution is 2.27. The van der Waals surface area contributed by atoms with E-state index in [0.29, 0.717) is 29.9 Å². The van der Waals surface area contributed by atoms with Gasteiger partial charge in [-0.3, -0.25) is 19.7 Å². The third kappa shape index (κ3) is 3.71. The normalized spacial score (nSPS) is 19.8. The number of aromatic amines is 1. The number of carbonyl (C=O) groups excluding carboxylic acids is 1. The number of nitrogens with one attached hydrogen (secondary N) is 1. The highest BCUT2D eigenvalue weighted by Gasteiger charge is 2.30. The van der Waals surface area contributed by atoms with Gasteiger partial charge in [0.25, 0.3) is 11.6 Å². The summed E-state index contributed by atoms with van der Waals surface area (Å²) < 4.78 is 0. The first kappa shape index (κ1) is 19.9. The minimum Gasteiger partial charge on any atom is -0.334 e. The lowest BCUT2D eigenvalue weighted by molar-refractivity contribution is -0.384. The summed E-state index contributed by atoms with van der Waals surface area (Å²) in [7, 11) is 0. The van der Waals surface area contributed by atoms with E-state index in [1.807, 2.05) is 0 Å². The Bertz CT molecular complexity index is 898. The third-order valence-corrected chi connectivity index (χ3v) is 4.78. The van der Waals surface area contributed by atoms with Crippen molar-refractivity contribution in [3.63, 3.8) is 0 Å². The van der Waals surface area contributed by atoms with E-state index in [0.717, 1.165) is 12.8 Å². The number of pyridine rings is 1. The number of nitrogens with zero attached hydrogens (tertiary/aromatic N) is 2. The van der Waals surface area contributed by atoms with Gasteiger partial charge in [0.05, 0.1) is 10.5 Å². The third-order valence-electron chi connectivity index (χ3n) is 4.78. The second-order valence-corrected chi connectivity index (χ2v) is 6.55. The number of amides is 1. The van der Waals surface area contributed by atoms with Gasteiger partial charge >= 0.3 is 0 Å². The zero-order valence-corrected chi connectivity index (χ0v) is 15.1. The molecule has 0 aliphatic carbocycles. The van der Waals surface area contributed by atoms with Gasteiger partial charge in [0.1, 0.15) is 0 Å². The molecule has 1 fully saturated rings. The lowest BCUT2D eigenvalue weighted by atomic mass is 9.91. The van der Waals surface area contributed by atoms with Crippen molar-refractivity contribution in [1.82, 2.24) is 9.88 Å². The van der Waals surface area contributed by atoms with Gasteiger partial charge in [-0.05, 0) is 24.8 Å². The number of H-pyrrole nitrogens is 1. The predicted octanol–water partition coefficient (Wildman–Crippen LogP) is 2.06. The minimum atomic E-state index is -0.524. The molecule has 2 unspecified atom stereocenters. The number of aromatic nitrogens is 1. The molecule has 0 saturated carbocycles. The van der Waals surface area contributed by atoms with Crippen LogP contribution in [0.25, 0.3) is 10.9 Å². The average Bonchev–Trinajstić information content (AvgIpc) is 2.59. The Balaban J connectivity index is 0.00000243. The highest BCUT2D eigenvalue weighted by molar-refractivity contribution is 6.06. The molecule has 1 aliphatic rings. The van der Waals surface area contributed by atoms with E-state index in [9.17, 15) is 19.7 Å². The van der Waals surface area contributed by atoms with Crippen molar-refractivity contribution in [1.29, 1.82) is 0 Å². The second kappa shape index (κ2) is 7.84. The lowest BCUT2D eigenvalue weighted by Crippen LogP contribution is -2.49. The number of nitro benzene ring substituents is 1. The molecule has 0 spiro atoms. The van der Waals surface area contributed by atoms with Gasteiger partial charge in [-0.2, -0.15) is 0 Å². The quantitative estimate of drug-likeness (QED) is 0.623. The van der Waals surface area contributed by atoms with Gasteiger partial charge in [0.2, 0.25) is 5.56 Å². The number of likely N-dealkylation sites (tertiary alicyclic amines) is 1. The van der Waals surface area contributed by atoms with Crippen LogP contribution in [0.5, 0.6) is 0 Å². The standard InChI is InChI=1S/C17H20N4O4.ClH/c1-10-4-5-20(12(6-10)9-18)17(23)14-8-16(22)19-15-3-2-11(21(24)25)7-13(14)15;/h2-3,7-8,10,12H,4-6,9,18H2,1H3,(H,19,22);1H. The summed E-state index contributed by atoms with van der Waals surface area (Å²) in [5, 5.41) is 11.4. The molecule has 1 aromatic heterocycles. The zero-order chi connectivity index (χ0) is 18.1. The lowest BCUT2D eigenvalue weighted by Gasteiger charge is -2.38. The molecule has 8 nitrogen and oxygen atoms in total. The van der Waals surface area contributed by atoms with Gasteiger partial charge in [-0.1, -0.05) is 6.92 Å². The van der Waals surface area contributed by atoms with E-state index in [1.165, 1.54) is 24.3 Å². The molecular weight excluding hydrogens is 360 g/mol. The number of nitrogens with two attached hydrogens (primary N) is 1. The molecule has 2 heterocycles. The molecule has 1 aliphatic heterocycles. The largest absolute Gasteiger partial charge is 0.334 e. The summed E-state index contributed by atoms with van der Waals surface area (Å²) in [5.74, 6) is 0.175. The molecule has 3 N–H and O–H groups in total. The highest BCUT2D eigenvalue weighted by atomic mass is 35.5. The van der Waals surface area contributed by atoms with E-state index in [4.69, 9.17) is 5.73 Å². The van der Waals surface area contributed by atoms with Crippen LogP contribution in [-0.2, 0) is 0 Å². The fourth-order valence-corrected chi connectivity index (χ4v) is 3.43. The van der Waals surface area contributed by atoms with Crippen molar-refractivity contribution < 1.29 is 9.72 Å². The van der Waals surface area contributed by atoms with Crippen molar-refractivity contribution in [3.8, 4) is 0 Å². The fraction of sp³-hybridized carbons (Fsp3) is 0.412. The fourth-order valence-electron chi connectivity index (χ4n) is 3.43.